The van der Waals surface area contributed by atoms with Gasteiger partial charge in [-0.3, -0.25) is 14.5 Å². The Bertz CT molecular complexity index is 1340. The molecule has 4 heterocycles. The van der Waals surface area contributed by atoms with E-state index in [-0.39, 0.29) is 30.4 Å². The number of carbonyl (C=O) groups excluding carboxylic acids is 2. The second kappa shape index (κ2) is 12.6. The third kappa shape index (κ3) is 6.56. The molecular weight excluding hydrogens is 548 g/mol. The number of ether oxygens (including phenoxy) is 1. The number of hydrogen-bond donors (Lipinski definition) is 4. The van der Waals surface area contributed by atoms with Gasteiger partial charge >= 0.3 is 0 Å². The fourth-order valence-electron chi connectivity index (χ4n) is 6.41. The number of aliphatic hydroxyl groups is 1. The van der Waals surface area contributed by atoms with E-state index >= 15 is 0 Å². The van der Waals surface area contributed by atoms with Gasteiger partial charge in [-0.05, 0) is 51.2 Å². The highest BCUT2D eigenvalue weighted by atomic mass is 16.5. The summed E-state index contributed by atoms with van der Waals surface area (Å²) in [6.07, 6.45) is 5.00. The normalized spacial score (nSPS) is 21.2. The quantitative estimate of drug-likeness (QED) is 0.308. The number of aliphatic hydroxyl groups excluding tert-OH is 1. The summed E-state index contributed by atoms with van der Waals surface area (Å²) < 4.78 is 5.95. The predicted octanol–water partition coefficient (Wildman–Crippen LogP) is 2.22. The Morgan fingerprint density at radius 3 is 2.67 bits per heavy atom. The average molecular weight is 593 g/mol. The zero-order valence-corrected chi connectivity index (χ0v) is 25.4. The van der Waals surface area contributed by atoms with E-state index in [4.69, 9.17) is 9.72 Å². The minimum absolute atomic E-state index is 0.0532. The van der Waals surface area contributed by atoms with Crippen LogP contribution in [0.1, 0.15) is 56.0 Å². The first kappa shape index (κ1) is 29.6. The van der Waals surface area contributed by atoms with Gasteiger partial charge in [0, 0.05) is 69.4 Å². The number of anilines is 4. The maximum absolute atomic E-state index is 13.2. The van der Waals surface area contributed by atoms with Crippen molar-refractivity contribution in [3.05, 3.63) is 29.5 Å². The number of hydrogen-bond acceptors (Lipinski definition) is 10. The molecule has 1 aromatic heterocycles. The number of rotatable bonds is 11. The van der Waals surface area contributed by atoms with E-state index in [0.29, 0.717) is 60.4 Å². The molecule has 2 aromatic rings. The van der Waals surface area contributed by atoms with Crippen molar-refractivity contribution in [1.82, 2.24) is 25.1 Å². The molecule has 232 valence electrons. The van der Waals surface area contributed by atoms with Crippen LogP contribution in [0.25, 0.3) is 0 Å². The monoisotopic (exact) mass is 592 g/mol. The summed E-state index contributed by atoms with van der Waals surface area (Å²) >= 11 is 0. The summed E-state index contributed by atoms with van der Waals surface area (Å²) in [4.78, 5) is 41.8. The number of benzene rings is 1. The molecule has 2 fully saturated rings. The fourth-order valence-corrected chi connectivity index (χ4v) is 6.41. The number of piperazine rings is 1. The van der Waals surface area contributed by atoms with E-state index in [1.807, 2.05) is 25.7 Å². The van der Waals surface area contributed by atoms with E-state index in [2.05, 4.69) is 30.7 Å². The predicted molar refractivity (Wildman–Crippen MR) is 165 cm³/mol. The third-order valence-electron chi connectivity index (χ3n) is 8.85. The Labute approximate surface area is 253 Å². The van der Waals surface area contributed by atoms with Crippen LogP contribution >= 0.6 is 0 Å². The van der Waals surface area contributed by atoms with Crippen molar-refractivity contribution in [2.24, 2.45) is 5.92 Å². The van der Waals surface area contributed by atoms with Crippen molar-refractivity contribution in [3.8, 4) is 5.75 Å². The van der Waals surface area contributed by atoms with Gasteiger partial charge < -0.3 is 35.6 Å². The van der Waals surface area contributed by atoms with Gasteiger partial charge in [-0.1, -0.05) is 6.92 Å². The van der Waals surface area contributed by atoms with Crippen LogP contribution in [-0.2, 0) is 11.2 Å². The molecule has 0 radical (unpaired) electrons. The highest BCUT2D eigenvalue weighted by Gasteiger charge is 2.35. The van der Waals surface area contributed by atoms with Gasteiger partial charge in [-0.2, -0.15) is 4.98 Å². The molecule has 1 saturated heterocycles. The Kier molecular flexibility index (Phi) is 8.69. The zero-order chi connectivity index (χ0) is 30.1. The van der Waals surface area contributed by atoms with Crippen LogP contribution < -0.4 is 25.6 Å². The lowest BCUT2D eigenvalue weighted by Gasteiger charge is -2.39. The summed E-state index contributed by atoms with van der Waals surface area (Å²) in [6.45, 7) is 12.5. The van der Waals surface area contributed by atoms with Crippen LogP contribution in [0, 0.1) is 5.92 Å². The van der Waals surface area contributed by atoms with Crippen LogP contribution in [0.15, 0.2) is 18.3 Å². The maximum atomic E-state index is 13.2. The van der Waals surface area contributed by atoms with Crippen molar-refractivity contribution in [1.29, 1.82) is 0 Å². The van der Waals surface area contributed by atoms with Gasteiger partial charge in [0.2, 0.25) is 11.9 Å². The molecule has 1 aromatic carbocycles. The van der Waals surface area contributed by atoms with Crippen molar-refractivity contribution < 1.29 is 19.4 Å². The molecule has 0 spiro atoms. The number of amides is 2. The molecular formula is C31H44N8O4. The second-order valence-electron chi connectivity index (χ2n) is 12.4. The number of carbonyl (C=O) groups is 2. The summed E-state index contributed by atoms with van der Waals surface area (Å²) in [6, 6.07) is 3.35. The first-order valence-corrected chi connectivity index (χ1v) is 15.7. The lowest BCUT2D eigenvalue weighted by atomic mass is 10.0. The third-order valence-corrected chi connectivity index (χ3v) is 8.85. The average Bonchev–Trinajstić information content (AvgIpc) is 3.67. The Balaban J connectivity index is 1.08. The van der Waals surface area contributed by atoms with Crippen LogP contribution in [0.4, 0.5) is 23.1 Å². The van der Waals surface area contributed by atoms with Crippen LogP contribution in [0.3, 0.4) is 0 Å². The van der Waals surface area contributed by atoms with E-state index in [9.17, 15) is 14.7 Å². The lowest BCUT2D eigenvalue weighted by molar-refractivity contribution is -0.117. The number of aromatic nitrogens is 2. The lowest BCUT2D eigenvalue weighted by Crippen LogP contribution is -2.51. The molecule has 3 aliphatic heterocycles. The van der Waals surface area contributed by atoms with Gasteiger partial charge in [-0.25, -0.2) is 4.98 Å². The van der Waals surface area contributed by atoms with Crippen molar-refractivity contribution in [2.45, 2.75) is 64.6 Å². The van der Waals surface area contributed by atoms with Crippen LogP contribution in [0.2, 0.25) is 0 Å². The van der Waals surface area contributed by atoms with Gasteiger partial charge in [0.1, 0.15) is 17.5 Å². The molecule has 1 saturated carbocycles. The topological polar surface area (TPSA) is 135 Å². The minimum Gasteiger partial charge on any atom is -0.491 e. The fraction of sp³-hybridized carbons (Fsp3) is 0.613. The first-order valence-electron chi connectivity index (χ1n) is 15.7. The highest BCUT2D eigenvalue weighted by molar-refractivity contribution is 6.03. The summed E-state index contributed by atoms with van der Waals surface area (Å²) in [7, 11) is 0. The summed E-state index contributed by atoms with van der Waals surface area (Å²) in [5.41, 5.74) is 2.63. The van der Waals surface area contributed by atoms with Crippen LogP contribution in [0.5, 0.6) is 5.75 Å². The van der Waals surface area contributed by atoms with Crippen molar-refractivity contribution >= 4 is 35.0 Å². The smallest absolute Gasteiger partial charge is 0.251 e. The maximum Gasteiger partial charge on any atom is 0.251 e. The molecule has 4 aliphatic rings. The molecule has 6 rings (SSSR count). The zero-order valence-electron chi connectivity index (χ0n) is 25.4. The summed E-state index contributed by atoms with van der Waals surface area (Å²) in [5.74, 6) is 2.28. The Morgan fingerprint density at radius 2 is 1.95 bits per heavy atom. The number of nitrogens with one attached hydrogen (secondary N) is 3. The van der Waals surface area contributed by atoms with Crippen LogP contribution in [-0.4, -0.2) is 107 Å². The first-order chi connectivity index (χ1) is 20.8. The van der Waals surface area contributed by atoms with Gasteiger partial charge in [-0.15, -0.1) is 0 Å². The van der Waals surface area contributed by atoms with E-state index in [1.54, 1.807) is 18.3 Å². The molecule has 4 N–H and O–H groups in total. The highest BCUT2D eigenvalue weighted by Crippen LogP contribution is 2.39. The van der Waals surface area contributed by atoms with Gasteiger partial charge in [0.15, 0.2) is 5.82 Å². The van der Waals surface area contributed by atoms with E-state index in [1.165, 1.54) is 19.4 Å². The molecule has 2 amide bonds. The van der Waals surface area contributed by atoms with Crippen molar-refractivity contribution in [3.63, 3.8) is 0 Å². The molecule has 1 aliphatic carbocycles. The molecule has 0 bridgehead atoms. The van der Waals surface area contributed by atoms with Crippen molar-refractivity contribution in [2.75, 3.05) is 68.0 Å². The molecule has 43 heavy (non-hydrogen) atoms. The van der Waals surface area contributed by atoms with Gasteiger partial charge in [0.25, 0.3) is 5.91 Å². The van der Waals surface area contributed by atoms with Gasteiger partial charge in [0.05, 0.1) is 24.6 Å². The largest absolute Gasteiger partial charge is 0.491 e. The second-order valence-corrected chi connectivity index (χ2v) is 12.4. The number of β-amino-alcohol motifs (C(OH)–C–C–N with tert-alkyl or cyclic N) is 1. The van der Waals surface area contributed by atoms with E-state index in [0.717, 1.165) is 37.7 Å². The van der Waals surface area contributed by atoms with E-state index < -0.39 is 6.10 Å². The molecule has 12 nitrogen and oxygen atoms in total. The Morgan fingerprint density at radius 1 is 1.19 bits per heavy atom. The molecule has 2 atom stereocenters. The number of nitrogens with zero attached hydrogens (tertiary/aromatic N) is 5. The summed E-state index contributed by atoms with van der Waals surface area (Å²) in [5, 5.41) is 19.8. The molecule has 12 heteroatoms. The number of fused-ring (bicyclic) bond motifs is 2. The standard InChI is InChI=1S/C31H44N8O4/c1-4-26-30(42)34-25-16-33-31(36-28(25)39(26)19(2)3)35-24-8-7-23(22-9-14-43-27(22)24)29(41)32-15-21(40)18-38-12-10-37(11-13-38)17-20-5-6-20/h7-8,16,19-21,26,40H,4-6,9-15,17-18H2,1-3H3,(H,32,41)(H,34,42)(H,33,35,36)/t21-,26+/m0/s1. The SMILES string of the molecule is CC[C@@H]1C(=O)Nc2cnc(Nc3ccc(C(=O)NC[C@H](O)CN4CCN(CC5CC5)CC4)c4c3OCC4)nc2N1C(C)C. The molecule has 0 unspecified atom stereocenters. The Hall–Kier alpha value is -3.48. The minimum atomic E-state index is -0.632.